The van der Waals surface area contributed by atoms with Crippen molar-refractivity contribution in [1.82, 2.24) is 10.3 Å². The van der Waals surface area contributed by atoms with Crippen molar-refractivity contribution < 1.29 is 9.66 Å². The van der Waals surface area contributed by atoms with Gasteiger partial charge in [-0.3, -0.25) is 10.1 Å². The summed E-state index contributed by atoms with van der Waals surface area (Å²) in [7, 11) is 1.55. The molecule has 0 radical (unpaired) electrons. The molecule has 0 fully saturated rings. The summed E-state index contributed by atoms with van der Waals surface area (Å²) in [6.07, 6.45) is 1.84. The Morgan fingerprint density at radius 2 is 2.29 bits per heavy atom. The molecule has 0 aliphatic rings. The van der Waals surface area contributed by atoms with Gasteiger partial charge >= 0.3 is 0 Å². The second kappa shape index (κ2) is 6.64. The molecule has 0 saturated carbocycles. The van der Waals surface area contributed by atoms with Gasteiger partial charge in [-0.05, 0) is 19.9 Å². The highest BCUT2D eigenvalue weighted by molar-refractivity contribution is 7.11. The third-order valence-electron chi connectivity index (χ3n) is 3.08. The van der Waals surface area contributed by atoms with E-state index in [9.17, 15) is 10.1 Å². The number of nitrogens with one attached hydrogen (secondary N) is 1. The molecule has 0 aliphatic heterocycles. The average Bonchev–Trinajstić information content (AvgIpc) is 2.91. The molecule has 21 heavy (non-hydrogen) atoms. The molecule has 1 heterocycles. The summed E-state index contributed by atoms with van der Waals surface area (Å²) in [5.74, 6) is 0.635. The van der Waals surface area contributed by atoms with Gasteiger partial charge in [0.05, 0.1) is 18.1 Å². The van der Waals surface area contributed by atoms with E-state index in [1.54, 1.807) is 24.5 Å². The van der Waals surface area contributed by atoms with Crippen LogP contribution in [0.5, 0.6) is 5.75 Å². The lowest BCUT2D eigenvalue weighted by Gasteiger charge is -2.13. The van der Waals surface area contributed by atoms with E-state index in [1.165, 1.54) is 12.1 Å². The van der Waals surface area contributed by atoms with Gasteiger partial charge in [-0.15, -0.1) is 11.3 Å². The van der Waals surface area contributed by atoms with Crippen LogP contribution in [0.25, 0.3) is 0 Å². The van der Waals surface area contributed by atoms with Crippen molar-refractivity contribution in [3.63, 3.8) is 0 Å². The molecule has 2 aromatic rings. The fourth-order valence-corrected chi connectivity index (χ4v) is 2.74. The van der Waals surface area contributed by atoms with Crippen LogP contribution in [-0.4, -0.2) is 17.0 Å². The number of thiazole rings is 1. The number of aryl methyl sites for hydroxylation is 1. The second-order valence-corrected chi connectivity index (χ2v) is 5.93. The van der Waals surface area contributed by atoms with E-state index in [-0.39, 0.29) is 11.7 Å². The lowest BCUT2D eigenvalue weighted by atomic mass is 10.1. The van der Waals surface area contributed by atoms with Crippen LogP contribution in [0, 0.1) is 17.0 Å². The minimum atomic E-state index is -0.406. The molecule has 112 valence electrons. The average molecular weight is 307 g/mol. The Morgan fingerprint density at radius 1 is 1.52 bits per heavy atom. The van der Waals surface area contributed by atoms with E-state index in [0.29, 0.717) is 12.3 Å². The molecule has 1 N–H and O–H groups in total. The first kappa shape index (κ1) is 15.4. The Kier molecular flexibility index (Phi) is 4.87. The van der Waals surface area contributed by atoms with Crippen molar-refractivity contribution in [1.29, 1.82) is 0 Å². The van der Waals surface area contributed by atoms with E-state index in [0.717, 1.165) is 15.4 Å². The van der Waals surface area contributed by atoms with Gasteiger partial charge in [0.25, 0.3) is 5.69 Å². The van der Waals surface area contributed by atoms with Gasteiger partial charge in [-0.25, -0.2) is 4.98 Å². The highest BCUT2D eigenvalue weighted by Gasteiger charge is 2.14. The van der Waals surface area contributed by atoms with Crippen LogP contribution in [0.3, 0.4) is 0 Å². The molecule has 6 nitrogen and oxygen atoms in total. The number of ether oxygens (including phenoxy) is 1. The van der Waals surface area contributed by atoms with E-state index in [1.807, 2.05) is 20.0 Å². The number of nitro groups is 1. The van der Waals surface area contributed by atoms with Crippen molar-refractivity contribution in [2.24, 2.45) is 0 Å². The fraction of sp³-hybridized carbons (Fsp3) is 0.357. The van der Waals surface area contributed by atoms with Crippen LogP contribution in [0.4, 0.5) is 5.69 Å². The van der Waals surface area contributed by atoms with E-state index in [4.69, 9.17) is 4.74 Å². The quantitative estimate of drug-likeness (QED) is 0.655. The zero-order valence-corrected chi connectivity index (χ0v) is 12.9. The van der Waals surface area contributed by atoms with Crippen molar-refractivity contribution in [2.45, 2.75) is 26.4 Å². The summed E-state index contributed by atoms with van der Waals surface area (Å²) in [4.78, 5) is 15.9. The number of methoxy groups -OCH3 is 1. The first-order valence-corrected chi connectivity index (χ1v) is 7.30. The molecule has 1 unspecified atom stereocenters. The third kappa shape index (κ3) is 3.77. The summed E-state index contributed by atoms with van der Waals surface area (Å²) in [6.45, 7) is 4.50. The maximum Gasteiger partial charge on any atom is 0.270 e. The molecule has 2 rings (SSSR count). The highest BCUT2D eigenvalue weighted by Crippen LogP contribution is 2.25. The Labute approximate surface area is 126 Å². The molecule has 0 saturated heterocycles. The topological polar surface area (TPSA) is 77.3 Å². The molecule has 1 aromatic carbocycles. The normalized spacial score (nSPS) is 12.1. The Morgan fingerprint density at radius 3 is 2.86 bits per heavy atom. The number of nitrogens with zero attached hydrogens (tertiary/aromatic N) is 2. The van der Waals surface area contributed by atoms with Crippen LogP contribution in [0.2, 0.25) is 0 Å². The van der Waals surface area contributed by atoms with Crippen molar-refractivity contribution in [2.75, 3.05) is 7.11 Å². The number of nitro benzene ring substituents is 1. The van der Waals surface area contributed by atoms with Gasteiger partial charge in [0.15, 0.2) is 0 Å². The lowest BCUT2D eigenvalue weighted by molar-refractivity contribution is -0.384. The van der Waals surface area contributed by atoms with Crippen LogP contribution in [0.15, 0.2) is 24.4 Å². The standard InChI is InChI=1S/C14H17N3O3S/c1-9-7-16-14(21-9)10(2)15-8-11-6-12(17(18)19)4-5-13(11)20-3/h4-7,10,15H,8H2,1-3H3. The zero-order valence-electron chi connectivity index (χ0n) is 12.1. The van der Waals surface area contributed by atoms with E-state index in [2.05, 4.69) is 10.3 Å². The monoisotopic (exact) mass is 307 g/mol. The third-order valence-corrected chi connectivity index (χ3v) is 4.18. The summed E-state index contributed by atoms with van der Waals surface area (Å²) >= 11 is 1.64. The molecule has 0 aliphatic carbocycles. The molecular weight excluding hydrogens is 290 g/mol. The number of non-ortho nitro benzene ring substituents is 1. The van der Waals surface area contributed by atoms with Gasteiger partial charge in [0.1, 0.15) is 10.8 Å². The summed E-state index contributed by atoms with van der Waals surface area (Å²) in [6, 6.07) is 4.67. The number of hydrogen-bond acceptors (Lipinski definition) is 6. The highest BCUT2D eigenvalue weighted by atomic mass is 32.1. The predicted molar refractivity (Wildman–Crippen MR) is 81.8 cm³/mol. The first-order valence-electron chi connectivity index (χ1n) is 6.48. The largest absolute Gasteiger partial charge is 0.496 e. The van der Waals surface area contributed by atoms with Crippen LogP contribution < -0.4 is 10.1 Å². The maximum absolute atomic E-state index is 10.9. The van der Waals surface area contributed by atoms with E-state index >= 15 is 0 Å². The molecular formula is C14H17N3O3S. The summed E-state index contributed by atoms with van der Waals surface area (Å²) < 4.78 is 5.25. The number of benzene rings is 1. The van der Waals surface area contributed by atoms with Crippen LogP contribution in [0.1, 0.15) is 28.4 Å². The Hall–Kier alpha value is -1.99. The summed E-state index contributed by atoms with van der Waals surface area (Å²) in [5, 5.41) is 15.2. The zero-order chi connectivity index (χ0) is 15.4. The van der Waals surface area contributed by atoms with Crippen molar-refractivity contribution in [3.8, 4) is 5.75 Å². The van der Waals surface area contributed by atoms with Crippen LogP contribution >= 0.6 is 11.3 Å². The van der Waals surface area contributed by atoms with Gasteiger partial charge in [-0.1, -0.05) is 0 Å². The number of rotatable bonds is 6. The smallest absolute Gasteiger partial charge is 0.270 e. The molecule has 1 aromatic heterocycles. The van der Waals surface area contributed by atoms with Crippen molar-refractivity contribution in [3.05, 3.63) is 50.0 Å². The van der Waals surface area contributed by atoms with Crippen molar-refractivity contribution >= 4 is 17.0 Å². The van der Waals surface area contributed by atoms with Gasteiger partial charge in [0.2, 0.25) is 0 Å². The van der Waals surface area contributed by atoms with Gasteiger partial charge in [-0.2, -0.15) is 0 Å². The fourth-order valence-electron chi connectivity index (χ4n) is 1.94. The molecule has 0 amide bonds. The Balaban J connectivity index is 2.11. The SMILES string of the molecule is COc1ccc([N+](=O)[O-])cc1CNC(C)c1ncc(C)s1. The number of hydrogen-bond donors (Lipinski definition) is 1. The van der Waals surface area contributed by atoms with Gasteiger partial charge < -0.3 is 10.1 Å². The minimum Gasteiger partial charge on any atom is -0.496 e. The number of aromatic nitrogens is 1. The molecule has 7 heteroatoms. The molecule has 1 atom stereocenters. The lowest BCUT2D eigenvalue weighted by Crippen LogP contribution is -2.18. The van der Waals surface area contributed by atoms with Crippen LogP contribution in [-0.2, 0) is 6.54 Å². The van der Waals surface area contributed by atoms with Gasteiger partial charge in [0, 0.05) is 35.3 Å². The van der Waals surface area contributed by atoms with E-state index < -0.39 is 4.92 Å². The predicted octanol–water partition coefficient (Wildman–Crippen LogP) is 3.22. The first-order chi connectivity index (χ1) is 10.0. The summed E-state index contributed by atoms with van der Waals surface area (Å²) in [5.41, 5.74) is 0.817. The molecule has 0 bridgehead atoms. The molecule has 0 spiro atoms. The minimum absolute atomic E-state index is 0.0605. The second-order valence-electron chi connectivity index (χ2n) is 4.66. The maximum atomic E-state index is 10.9. The Bertz CT molecular complexity index is 642.